The van der Waals surface area contributed by atoms with E-state index in [0.717, 1.165) is 5.56 Å². The summed E-state index contributed by atoms with van der Waals surface area (Å²) in [5.41, 5.74) is 1.20. The summed E-state index contributed by atoms with van der Waals surface area (Å²) >= 11 is 0. The summed E-state index contributed by atoms with van der Waals surface area (Å²) in [4.78, 5) is 30.0. The van der Waals surface area contributed by atoms with Crippen molar-refractivity contribution in [3.63, 3.8) is 0 Å². The van der Waals surface area contributed by atoms with Gasteiger partial charge in [0.05, 0.1) is 24.4 Å². The Kier molecular flexibility index (Phi) is 4.49. The number of aliphatic hydroxyl groups excluding tert-OH is 1. The van der Waals surface area contributed by atoms with E-state index in [4.69, 9.17) is 4.42 Å². The minimum Gasteiger partial charge on any atom is -0.503 e. The van der Waals surface area contributed by atoms with Crippen LogP contribution in [-0.2, 0) is 11.3 Å². The van der Waals surface area contributed by atoms with Crippen LogP contribution in [-0.4, -0.2) is 21.7 Å². The predicted molar refractivity (Wildman–Crippen MR) is 95.4 cm³/mol. The third-order valence-electron chi connectivity index (χ3n) is 4.60. The molecule has 28 heavy (non-hydrogen) atoms. The number of hydrogen-bond donors (Lipinski definition) is 1. The van der Waals surface area contributed by atoms with Crippen LogP contribution in [0.4, 0.5) is 4.39 Å². The first-order valence-electron chi connectivity index (χ1n) is 8.59. The molecule has 0 aliphatic carbocycles. The van der Waals surface area contributed by atoms with Crippen LogP contribution in [0.15, 0.2) is 82.9 Å². The van der Waals surface area contributed by atoms with E-state index in [2.05, 4.69) is 4.98 Å². The maximum atomic E-state index is 13.4. The van der Waals surface area contributed by atoms with E-state index in [1.807, 2.05) is 6.07 Å². The largest absolute Gasteiger partial charge is 0.503 e. The van der Waals surface area contributed by atoms with Gasteiger partial charge < -0.3 is 14.4 Å². The zero-order valence-corrected chi connectivity index (χ0v) is 14.6. The Balaban J connectivity index is 1.79. The summed E-state index contributed by atoms with van der Waals surface area (Å²) in [6, 6.07) is 11.2. The molecular formula is C21H16FN2O4+. The van der Waals surface area contributed by atoms with Gasteiger partial charge >= 0.3 is 0 Å². The Hall–Kier alpha value is -3.74. The highest BCUT2D eigenvalue weighted by Gasteiger charge is 2.44. The van der Waals surface area contributed by atoms with E-state index < -0.39 is 29.3 Å². The van der Waals surface area contributed by atoms with Crippen LogP contribution in [0.3, 0.4) is 0 Å². The Labute approximate surface area is 159 Å². The van der Waals surface area contributed by atoms with Crippen molar-refractivity contribution >= 4 is 11.7 Å². The molecule has 0 bridgehead atoms. The van der Waals surface area contributed by atoms with Crippen molar-refractivity contribution in [3.05, 3.63) is 101 Å². The number of aromatic amines is 1. The number of halogens is 1. The van der Waals surface area contributed by atoms with E-state index >= 15 is 0 Å². The van der Waals surface area contributed by atoms with Crippen LogP contribution in [0.25, 0.3) is 0 Å². The number of nitrogens with one attached hydrogen (secondary N) is 1. The molecule has 3 aromatic rings. The first-order valence-corrected chi connectivity index (χ1v) is 8.59. The Morgan fingerprint density at radius 3 is 2.61 bits per heavy atom. The van der Waals surface area contributed by atoms with Gasteiger partial charge in [0.1, 0.15) is 5.82 Å². The number of aliphatic hydroxyl groups is 1. The number of hydrogen-bond acceptors (Lipinski definition) is 4. The molecule has 2 aromatic heterocycles. The van der Waals surface area contributed by atoms with Gasteiger partial charge in [-0.3, -0.25) is 9.59 Å². The number of furan rings is 1. The minimum atomic E-state index is -0.870. The van der Waals surface area contributed by atoms with E-state index in [1.165, 1.54) is 41.5 Å². The Morgan fingerprint density at radius 1 is 1.18 bits per heavy atom. The summed E-state index contributed by atoms with van der Waals surface area (Å²) < 4.78 is 18.6. The molecule has 3 heterocycles. The standard InChI is InChI=1S/C21H15FN2O4/c22-15-7-5-14(6-8-15)18-17(19(25)16-4-2-10-28-16)20(26)21(27)24(18)12-13-3-1-9-23-11-13/h1-11,18,26H,12H2/p+1. The fraction of sp³-hybridized carbons (Fsp3) is 0.0952. The van der Waals surface area contributed by atoms with Crippen molar-refractivity contribution in [3.8, 4) is 0 Å². The van der Waals surface area contributed by atoms with Gasteiger partial charge in [-0.15, -0.1) is 0 Å². The van der Waals surface area contributed by atoms with Gasteiger partial charge in [0.25, 0.3) is 5.91 Å². The Morgan fingerprint density at radius 2 is 1.96 bits per heavy atom. The van der Waals surface area contributed by atoms with E-state index in [1.54, 1.807) is 24.5 Å². The molecule has 1 amide bonds. The molecule has 0 saturated heterocycles. The number of Topliss-reactive ketones (excluding diaryl/α,β-unsaturated/α-hetero) is 1. The van der Waals surface area contributed by atoms with Crippen LogP contribution < -0.4 is 4.98 Å². The number of nitrogens with zero attached hydrogens (tertiary/aromatic N) is 1. The van der Waals surface area contributed by atoms with Crippen molar-refractivity contribution in [2.45, 2.75) is 12.6 Å². The Bertz CT molecular complexity index is 1040. The second-order valence-electron chi connectivity index (χ2n) is 6.37. The highest BCUT2D eigenvalue weighted by molar-refractivity contribution is 6.14. The van der Waals surface area contributed by atoms with Gasteiger partial charge in [-0.2, -0.15) is 0 Å². The zero-order chi connectivity index (χ0) is 19.7. The summed E-state index contributed by atoms with van der Waals surface area (Å²) in [5.74, 6) is -2.32. The smallest absolute Gasteiger partial charge is 0.290 e. The average molecular weight is 379 g/mol. The lowest BCUT2D eigenvalue weighted by atomic mass is 9.95. The summed E-state index contributed by atoms with van der Waals surface area (Å²) in [5, 5.41) is 10.5. The van der Waals surface area contributed by atoms with Crippen LogP contribution in [0, 0.1) is 5.82 Å². The molecule has 0 saturated carbocycles. The molecule has 0 fully saturated rings. The molecule has 1 atom stereocenters. The van der Waals surface area contributed by atoms with Crippen LogP contribution >= 0.6 is 0 Å². The molecule has 0 spiro atoms. The molecule has 2 N–H and O–H groups in total. The van der Waals surface area contributed by atoms with Crippen molar-refractivity contribution in [2.75, 3.05) is 0 Å². The van der Waals surface area contributed by atoms with Crippen molar-refractivity contribution < 1.29 is 28.5 Å². The van der Waals surface area contributed by atoms with Gasteiger partial charge in [0.2, 0.25) is 5.78 Å². The van der Waals surface area contributed by atoms with Crippen molar-refractivity contribution in [1.29, 1.82) is 0 Å². The monoisotopic (exact) mass is 379 g/mol. The first kappa shape index (κ1) is 17.7. The summed E-state index contributed by atoms with van der Waals surface area (Å²) in [6.45, 7) is 0.150. The lowest BCUT2D eigenvalue weighted by Crippen LogP contribution is -2.31. The molecule has 7 heteroatoms. The number of ketones is 1. The predicted octanol–water partition coefficient (Wildman–Crippen LogP) is 3.01. The average Bonchev–Trinajstić information content (AvgIpc) is 3.33. The number of H-pyrrole nitrogens is 1. The van der Waals surface area contributed by atoms with Crippen molar-refractivity contribution in [1.82, 2.24) is 4.90 Å². The first-order chi connectivity index (χ1) is 13.6. The lowest BCUT2D eigenvalue weighted by Gasteiger charge is -2.26. The van der Waals surface area contributed by atoms with Gasteiger partial charge in [-0.25, -0.2) is 9.37 Å². The fourth-order valence-electron chi connectivity index (χ4n) is 3.31. The molecule has 4 rings (SSSR count). The lowest BCUT2D eigenvalue weighted by molar-refractivity contribution is -0.378. The highest BCUT2D eigenvalue weighted by Crippen LogP contribution is 2.39. The number of carbonyl (C=O) groups excluding carboxylic acids is 2. The molecule has 1 aromatic carbocycles. The number of aromatic nitrogens is 1. The topological polar surface area (TPSA) is 84.9 Å². The fourth-order valence-corrected chi connectivity index (χ4v) is 3.31. The zero-order valence-electron chi connectivity index (χ0n) is 14.6. The number of carbonyl (C=O) groups is 2. The normalized spacial score (nSPS) is 16.7. The molecule has 1 aliphatic heterocycles. The van der Waals surface area contributed by atoms with Crippen LogP contribution in [0.2, 0.25) is 0 Å². The summed E-state index contributed by atoms with van der Waals surface area (Å²) in [6.07, 6.45) is 4.79. The summed E-state index contributed by atoms with van der Waals surface area (Å²) in [7, 11) is 0. The second-order valence-corrected chi connectivity index (χ2v) is 6.37. The van der Waals surface area contributed by atoms with E-state index in [0.29, 0.717) is 5.56 Å². The van der Waals surface area contributed by atoms with Crippen LogP contribution in [0.1, 0.15) is 27.7 Å². The number of pyridine rings is 1. The molecule has 140 valence electrons. The maximum Gasteiger partial charge on any atom is 0.290 e. The van der Waals surface area contributed by atoms with Crippen molar-refractivity contribution in [2.24, 2.45) is 0 Å². The van der Waals surface area contributed by atoms with Gasteiger partial charge in [-0.05, 0) is 35.9 Å². The minimum absolute atomic E-state index is 0.0105. The number of rotatable bonds is 5. The van der Waals surface area contributed by atoms with E-state index in [-0.39, 0.29) is 17.9 Å². The second kappa shape index (κ2) is 7.11. The molecule has 6 nitrogen and oxygen atoms in total. The van der Waals surface area contributed by atoms with Gasteiger partial charge in [0, 0.05) is 11.6 Å². The molecule has 1 aliphatic rings. The quantitative estimate of drug-likeness (QED) is 0.691. The SMILES string of the molecule is O=C(C1=C(O)C(=O)N(Cc2ccc[nH+]c2)C1c1ccc(F)cc1)c1ccco1. The van der Waals surface area contributed by atoms with Gasteiger partial charge in [0.15, 0.2) is 23.9 Å². The maximum absolute atomic E-state index is 13.4. The van der Waals surface area contributed by atoms with E-state index in [9.17, 15) is 19.1 Å². The molecular weight excluding hydrogens is 363 g/mol. The molecule has 1 unspecified atom stereocenters. The number of amides is 1. The number of benzene rings is 1. The van der Waals surface area contributed by atoms with Crippen LogP contribution in [0.5, 0.6) is 0 Å². The van der Waals surface area contributed by atoms with Gasteiger partial charge in [-0.1, -0.05) is 12.1 Å². The third kappa shape index (κ3) is 3.07. The third-order valence-corrected chi connectivity index (χ3v) is 4.60. The highest BCUT2D eigenvalue weighted by atomic mass is 19.1. The molecule has 0 radical (unpaired) electrons.